The molecule has 23 heavy (non-hydrogen) atoms. The van der Waals surface area contributed by atoms with E-state index in [0.717, 1.165) is 0 Å². The topological polar surface area (TPSA) is 71.1 Å². The summed E-state index contributed by atoms with van der Waals surface area (Å²) in [6.07, 6.45) is 0. The summed E-state index contributed by atoms with van der Waals surface area (Å²) in [5.74, 6) is -0.640. The third kappa shape index (κ3) is 4.68. The molecule has 1 aromatic carbocycles. The van der Waals surface area contributed by atoms with E-state index < -0.39 is 5.91 Å². The van der Waals surface area contributed by atoms with Gasteiger partial charge in [-0.3, -0.25) is 9.59 Å². The van der Waals surface area contributed by atoms with Crippen LogP contribution in [0.25, 0.3) is 0 Å². The van der Waals surface area contributed by atoms with Gasteiger partial charge in [-0.05, 0) is 36.4 Å². The van der Waals surface area contributed by atoms with Crippen molar-refractivity contribution in [1.29, 1.82) is 0 Å². The average molecular weight is 352 g/mol. The van der Waals surface area contributed by atoms with E-state index in [1.807, 2.05) is 13.8 Å². The van der Waals surface area contributed by atoms with Crippen LogP contribution in [-0.4, -0.2) is 16.8 Å². The van der Waals surface area contributed by atoms with E-state index in [1.54, 1.807) is 24.3 Å². The minimum absolute atomic E-state index is 0.0522. The second kappa shape index (κ2) is 7.44. The first-order valence-corrected chi connectivity index (χ1v) is 7.66. The lowest BCUT2D eigenvalue weighted by atomic mass is 10.2. The van der Waals surface area contributed by atoms with Crippen LogP contribution in [0.1, 0.15) is 24.3 Å². The molecule has 1 aromatic heterocycles. The summed E-state index contributed by atoms with van der Waals surface area (Å²) >= 11 is 11.7. The number of hydrogen-bond donors (Lipinski definition) is 2. The molecule has 2 N–H and O–H groups in total. The zero-order valence-corrected chi connectivity index (χ0v) is 14.1. The normalized spacial score (nSPS) is 10.5. The Labute approximate surface area is 144 Å². The molecule has 0 atom stereocenters. The summed E-state index contributed by atoms with van der Waals surface area (Å²) in [6.45, 7) is 3.62. The number of nitrogens with one attached hydrogen (secondary N) is 2. The van der Waals surface area contributed by atoms with Gasteiger partial charge in [0.1, 0.15) is 10.8 Å². The zero-order valence-electron chi connectivity index (χ0n) is 12.6. The van der Waals surface area contributed by atoms with E-state index >= 15 is 0 Å². The van der Waals surface area contributed by atoms with Crippen LogP contribution < -0.4 is 10.6 Å². The molecule has 0 saturated heterocycles. The lowest BCUT2D eigenvalue weighted by Gasteiger charge is -2.09. The van der Waals surface area contributed by atoms with E-state index in [2.05, 4.69) is 15.6 Å². The molecule has 1 heterocycles. The second-order valence-corrected chi connectivity index (χ2v) is 5.93. The number of benzene rings is 1. The summed E-state index contributed by atoms with van der Waals surface area (Å²) in [6, 6.07) is 9.76. The molecule has 0 spiro atoms. The van der Waals surface area contributed by atoms with Crippen molar-refractivity contribution in [2.75, 3.05) is 10.6 Å². The standard InChI is InChI=1S/C16H15Cl2N3O2/c1-9(2)15(22)19-10-3-5-11(6-4-10)20-16(23)14-12(17)7-8-13(18)21-14/h3-9H,1-2H3,(H,19,22)(H,20,23). The van der Waals surface area contributed by atoms with Gasteiger partial charge in [-0.15, -0.1) is 0 Å². The highest BCUT2D eigenvalue weighted by Crippen LogP contribution is 2.19. The Morgan fingerprint density at radius 1 is 0.957 bits per heavy atom. The summed E-state index contributed by atoms with van der Waals surface area (Å²) in [7, 11) is 0. The maximum atomic E-state index is 12.2. The van der Waals surface area contributed by atoms with E-state index in [-0.39, 0.29) is 27.7 Å². The van der Waals surface area contributed by atoms with Crippen molar-refractivity contribution in [3.63, 3.8) is 0 Å². The van der Waals surface area contributed by atoms with Crippen LogP contribution in [-0.2, 0) is 4.79 Å². The van der Waals surface area contributed by atoms with Gasteiger partial charge in [0.15, 0.2) is 0 Å². The second-order valence-electron chi connectivity index (χ2n) is 5.14. The van der Waals surface area contributed by atoms with Gasteiger partial charge >= 0.3 is 0 Å². The Kier molecular flexibility index (Phi) is 5.58. The highest BCUT2D eigenvalue weighted by atomic mass is 35.5. The highest BCUT2D eigenvalue weighted by molar-refractivity contribution is 6.35. The van der Waals surface area contributed by atoms with Crippen LogP contribution in [0, 0.1) is 5.92 Å². The molecule has 0 aliphatic carbocycles. The molecule has 0 aliphatic heterocycles. The van der Waals surface area contributed by atoms with Gasteiger partial charge in [0.2, 0.25) is 5.91 Å². The van der Waals surface area contributed by atoms with Crippen molar-refractivity contribution >= 4 is 46.4 Å². The molecule has 7 heteroatoms. The quantitative estimate of drug-likeness (QED) is 0.809. The predicted octanol–water partition coefficient (Wildman–Crippen LogP) is 4.24. The molecule has 2 amide bonds. The van der Waals surface area contributed by atoms with Crippen LogP contribution in [0.5, 0.6) is 0 Å². The number of amides is 2. The number of anilines is 2. The molecule has 0 radical (unpaired) electrons. The molecular formula is C16H15Cl2N3O2. The molecule has 0 fully saturated rings. The summed E-state index contributed by atoms with van der Waals surface area (Å²) in [4.78, 5) is 27.7. The SMILES string of the molecule is CC(C)C(=O)Nc1ccc(NC(=O)c2nc(Cl)ccc2Cl)cc1. The number of halogens is 2. The lowest BCUT2D eigenvalue weighted by molar-refractivity contribution is -0.118. The van der Waals surface area contributed by atoms with Crippen LogP contribution >= 0.6 is 23.2 Å². The first-order valence-electron chi connectivity index (χ1n) is 6.91. The summed E-state index contributed by atoms with van der Waals surface area (Å²) in [5.41, 5.74) is 1.26. The fourth-order valence-corrected chi connectivity index (χ4v) is 2.03. The van der Waals surface area contributed by atoms with E-state index in [9.17, 15) is 9.59 Å². The van der Waals surface area contributed by atoms with Gasteiger partial charge in [-0.25, -0.2) is 4.98 Å². The average Bonchev–Trinajstić information content (AvgIpc) is 2.51. The highest BCUT2D eigenvalue weighted by Gasteiger charge is 2.13. The monoisotopic (exact) mass is 351 g/mol. The van der Waals surface area contributed by atoms with Gasteiger partial charge in [-0.1, -0.05) is 37.0 Å². The van der Waals surface area contributed by atoms with Gasteiger partial charge < -0.3 is 10.6 Å². The van der Waals surface area contributed by atoms with Crippen molar-refractivity contribution in [2.24, 2.45) is 5.92 Å². The maximum absolute atomic E-state index is 12.2. The Hall–Kier alpha value is -2.11. The minimum Gasteiger partial charge on any atom is -0.326 e. The summed E-state index contributed by atoms with van der Waals surface area (Å²) < 4.78 is 0. The van der Waals surface area contributed by atoms with Crippen LogP contribution in [0.3, 0.4) is 0 Å². The number of pyridine rings is 1. The van der Waals surface area contributed by atoms with Crippen molar-refractivity contribution in [1.82, 2.24) is 4.98 Å². The summed E-state index contributed by atoms with van der Waals surface area (Å²) in [5, 5.41) is 5.84. The minimum atomic E-state index is -0.462. The first-order chi connectivity index (χ1) is 10.9. The van der Waals surface area contributed by atoms with Crippen LogP contribution in [0.2, 0.25) is 10.2 Å². The molecule has 0 unspecified atom stereocenters. The van der Waals surface area contributed by atoms with Gasteiger partial charge in [-0.2, -0.15) is 0 Å². The fraction of sp³-hybridized carbons (Fsp3) is 0.188. The fourth-order valence-electron chi connectivity index (χ4n) is 1.69. The van der Waals surface area contributed by atoms with Gasteiger partial charge in [0.05, 0.1) is 5.02 Å². The number of aromatic nitrogens is 1. The molecular weight excluding hydrogens is 337 g/mol. The number of carbonyl (C=O) groups is 2. The maximum Gasteiger partial charge on any atom is 0.275 e. The first kappa shape index (κ1) is 17.2. The molecule has 5 nitrogen and oxygen atoms in total. The zero-order chi connectivity index (χ0) is 17.0. The smallest absolute Gasteiger partial charge is 0.275 e. The van der Waals surface area contributed by atoms with Crippen molar-refractivity contribution in [2.45, 2.75) is 13.8 Å². The molecule has 2 rings (SSSR count). The number of nitrogens with zero attached hydrogens (tertiary/aromatic N) is 1. The Morgan fingerprint density at radius 3 is 2.09 bits per heavy atom. The van der Waals surface area contributed by atoms with E-state index in [4.69, 9.17) is 23.2 Å². The Balaban J connectivity index is 2.07. The van der Waals surface area contributed by atoms with E-state index in [0.29, 0.717) is 11.4 Å². The molecule has 2 aromatic rings. The Bertz CT molecular complexity index is 731. The number of carbonyl (C=O) groups excluding carboxylic acids is 2. The third-order valence-electron chi connectivity index (χ3n) is 2.96. The third-order valence-corrected chi connectivity index (χ3v) is 3.48. The molecule has 0 saturated carbocycles. The van der Waals surface area contributed by atoms with Crippen LogP contribution in [0.4, 0.5) is 11.4 Å². The number of rotatable bonds is 4. The van der Waals surface area contributed by atoms with E-state index in [1.165, 1.54) is 12.1 Å². The van der Waals surface area contributed by atoms with Crippen LogP contribution in [0.15, 0.2) is 36.4 Å². The predicted molar refractivity (Wildman–Crippen MR) is 92.1 cm³/mol. The van der Waals surface area contributed by atoms with Gasteiger partial charge in [0.25, 0.3) is 5.91 Å². The lowest BCUT2D eigenvalue weighted by Crippen LogP contribution is -2.18. The number of hydrogen-bond acceptors (Lipinski definition) is 3. The molecule has 0 aliphatic rings. The molecule has 0 bridgehead atoms. The Morgan fingerprint density at radius 2 is 1.52 bits per heavy atom. The van der Waals surface area contributed by atoms with Crippen molar-refractivity contribution in [3.8, 4) is 0 Å². The van der Waals surface area contributed by atoms with Crippen molar-refractivity contribution < 1.29 is 9.59 Å². The largest absolute Gasteiger partial charge is 0.326 e. The van der Waals surface area contributed by atoms with Gasteiger partial charge in [0, 0.05) is 17.3 Å². The molecule has 120 valence electrons. The van der Waals surface area contributed by atoms with Crippen molar-refractivity contribution in [3.05, 3.63) is 52.3 Å².